The number of ether oxygens (including phenoxy) is 2. The van der Waals surface area contributed by atoms with Crippen molar-refractivity contribution in [3.05, 3.63) is 58.5 Å². The maximum Gasteiger partial charge on any atom is 0.270 e. The van der Waals surface area contributed by atoms with Crippen molar-refractivity contribution in [1.82, 2.24) is 0 Å². The first kappa shape index (κ1) is 20.4. The molecule has 28 heavy (non-hydrogen) atoms. The molecule has 2 aromatic rings. The van der Waals surface area contributed by atoms with Crippen LogP contribution < -0.4 is 14.4 Å². The Hall–Kier alpha value is -2.31. The van der Waals surface area contributed by atoms with Gasteiger partial charge in [0.2, 0.25) is 0 Å². The molecular weight excluding hydrogens is 390 g/mol. The first-order valence-corrected chi connectivity index (χ1v) is 10.3. The molecule has 0 unspecified atom stereocenters. The first-order valence-electron chi connectivity index (χ1n) is 9.12. The Morgan fingerprint density at radius 2 is 2.00 bits per heavy atom. The van der Waals surface area contributed by atoms with E-state index in [-0.39, 0.29) is 12.0 Å². The van der Waals surface area contributed by atoms with Crippen molar-refractivity contribution in [2.45, 2.75) is 33.3 Å². The summed E-state index contributed by atoms with van der Waals surface area (Å²) >= 11 is 6.75. The molecule has 1 heterocycles. The predicted molar refractivity (Wildman–Crippen MR) is 120 cm³/mol. The second-order valence-corrected chi connectivity index (χ2v) is 8.28. The van der Waals surface area contributed by atoms with Gasteiger partial charge in [-0.25, -0.2) is 0 Å². The summed E-state index contributed by atoms with van der Waals surface area (Å²) in [5, 5.41) is 0. The van der Waals surface area contributed by atoms with Gasteiger partial charge in [-0.15, -0.1) is 0 Å². The van der Waals surface area contributed by atoms with Crippen LogP contribution in [0, 0.1) is 6.92 Å². The summed E-state index contributed by atoms with van der Waals surface area (Å²) in [7, 11) is 1.61. The number of rotatable bonds is 6. The third-order valence-electron chi connectivity index (χ3n) is 4.44. The van der Waals surface area contributed by atoms with Gasteiger partial charge in [-0.2, -0.15) is 0 Å². The van der Waals surface area contributed by atoms with E-state index < -0.39 is 0 Å². The number of aryl methyl sites for hydroxylation is 1. The number of thioether (sulfide) groups is 1. The summed E-state index contributed by atoms with van der Waals surface area (Å²) in [6.07, 6.45) is 2.85. The van der Waals surface area contributed by atoms with Crippen molar-refractivity contribution >= 4 is 46.0 Å². The summed E-state index contributed by atoms with van der Waals surface area (Å²) in [5.41, 5.74) is 2.73. The average molecular weight is 414 g/mol. The van der Waals surface area contributed by atoms with Crippen molar-refractivity contribution in [2.75, 3.05) is 12.0 Å². The normalized spacial score (nSPS) is 16.6. The molecule has 0 aliphatic carbocycles. The van der Waals surface area contributed by atoms with Gasteiger partial charge in [0.05, 0.1) is 23.8 Å². The van der Waals surface area contributed by atoms with Gasteiger partial charge in [-0.3, -0.25) is 9.69 Å². The minimum absolute atomic E-state index is 0.102. The molecule has 1 saturated heterocycles. The van der Waals surface area contributed by atoms with Gasteiger partial charge in [-0.05, 0) is 61.7 Å². The van der Waals surface area contributed by atoms with Gasteiger partial charge in [0.15, 0.2) is 15.8 Å². The summed E-state index contributed by atoms with van der Waals surface area (Å²) in [5.74, 6) is 1.23. The Balaban J connectivity index is 1.87. The minimum atomic E-state index is -0.112. The number of nitrogens with zero attached hydrogens (tertiary/aromatic N) is 1. The van der Waals surface area contributed by atoms with Crippen LogP contribution in [-0.2, 0) is 4.79 Å². The van der Waals surface area contributed by atoms with Gasteiger partial charge >= 0.3 is 0 Å². The van der Waals surface area contributed by atoms with E-state index >= 15 is 0 Å². The maximum atomic E-state index is 12.9. The number of carbonyl (C=O) groups is 1. The van der Waals surface area contributed by atoms with Gasteiger partial charge in [-0.1, -0.05) is 49.1 Å². The van der Waals surface area contributed by atoms with Gasteiger partial charge in [0.25, 0.3) is 5.91 Å². The Kier molecular flexibility index (Phi) is 6.42. The zero-order chi connectivity index (χ0) is 20.3. The lowest BCUT2D eigenvalue weighted by molar-refractivity contribution is -0.113. The summed E-state index contributed by atoms with van der Waals surface area (Å²) in [6.45, 7) is 6.08. The van der Waals surface area contributed by atoms with E-state index in [1.165, 1.54) is 11.8 Å². The van der Waals surface area contributed by atoms with Crippen LogP contribution in [-0.4, -0.2) is 23.4 Å². The maximum absolute atomic E-state index is 12.9. The molecule has 1 atom stereocenters. The Morgan fingerprint density at radius 1 is 1.21 bits per heavy atom. The zero-order valence-corrected chi connectivity index (χ0v) is 18.0. The number of amides is 1. The van der Waals surface area contributed by atoms with E-state index in [9.17, 15) is 4.79 Å². The predicted octanol–water partition coefficient (Wildman–Crippen LogP) is 5.59. The molecule has 1 amide bonds. The third-order valence-corrected chi connectivity index (χ3v) is 5.74. The van der Waals surface area contributed by atoms with Crippen LogP contribution in [0.25, 0.3) is 6.08 Å². The molecule has 0 saturated carbocycles. The average Bonchev–Trinajstić information content (AvgIpc) is 2.95. The number of benzene rings is 2. The van der Waals surface area contributed by atoms with Crippen LogP contribution >= 0.6 is 24.0 Å². The molecule has 6 heteroatoms. The molecule has 0 spiro atoms. The Morgan fingerprint density at radius 3 is 2.68 bits per heavy atom. The number of anilines is 1. The lowest BCUT2D eigenvalue weighted by Crippen LogP contribution is -2.27. The highest BCUT2D eigenvalue weighted by Gasteiger charge is 2.33. The lowest BCUT2D eigenvalue weighted by atomic mass is 10.1. The first-order chi connectivity index (χ1) is 13.4. The van der Waals surface area contributed by atoms with Gasteiger partial charge in [0, 0.05) is 0 Å². The number of carbonyl (C=O) groups excluding carboxylic acids is 1. The molecule has 1 aliphatic rings. The Labute approximate surface area is 175 Å². The van der Waals surface area contributed by atoms with Crippen molar-refractivity contribution in [2.24, 2.45) is 0 Å². The largest absolute Gasteiger partial charge is 0.493 e. The topological polar surface area (TPSA) is 38.8 Å². The molecule has 4 nitrogen and oxygen atoms in total. The highest BCUT2D eigenvalue weighted by Crippen LogP contribution is 2.37. The van der Waals surface area contributed by atoms with E-state index in [2.05, 4.69) is 6.92 Å². The minimum Gasteiger partial charge on any atom is -0.493 e. The smallest absolute Gasteiger partial charge is 0.270 e. The fourth-order valence-electron chi connectivity index (χ4n) is 2.78. The van der Waals surface area contributed by atoms with Crippen LogP contribution in [0.1, 0.15) is 31.4 Å². The number of hydrogen-bond donors (Lipinski definition) is 0. The fourth-order valence-corrected chi connectivity index (χ4v) is 4.08. The lowest BCUT2D eigenvalue weighted by Gasteiger charge is -2.16. The summed E-state index contributed by atoms with van der Waals surface area (Å²) in [4.78, 5) is 15.1. The summed E-state index contributed by atoms with van der Waals surface area (Å²) in [6, 6.07) is 13.4. The van der Waals surface area contributed by atoms with E-state index in [1.54, 1.807) is 12.0 Å². The van der Waals surface area contributed by atoms with Gasteiger partial charge < -0.3 is 9.47 Å². The number of thiocarbonyl (C=S) groups is 1. The number of hydrogen-bond acceptors (Lipinski definition) is 5. The van der Waals surface area contributed by atoms with Crippen molar-refractivity contribution in [3.63, 3.8) is 0 Å². The monoisotopic (exact) mass is 413 g/mol. The molecule has 0 bridgehead atoms. The van der Waals surface area contributed by atoms with Crippen LogP contribution in [0.5, 0.6) is 11.5 Å². The number of methoxy groups -OCH3 is 1. The van der Waals surface area contributed by atoms with Crippen LogP contribution in [0.15, 0.2) is 47.4 Å². The SMILES string of the molecule is CC[C@@H](C)Oc1ccc(/C=C2/SC(=S)N(c3cccc(C)c3)C2=O)cc1OC. The van der Waals surface area contributed by atoms with Crippen molar-refractivity contribution < 1.29 is 14.3 Å². The van der Waals surface area contributed by atoms with E-state index in [0.717, 1.165) is 23.2 Å². The molecule has 0 N–H and O–H groups in total. The molecule has 0 radical (unpaired) electrons. The highest BCUT2D eigenvalue weighted by molar-refractivity contribution is 8.27. The molecule has 146 valence electrons. The summed E-state index contributed by atoms with van der Waals surface area (Å²) < 4.78 is 11.9. The fraction of sp³-hybridized carbons (Fsp3) is 0.273. The molecule has 2 aromatic carbocycles. The third kappa shape index (κ3) is 4.39. The second-order valence-electron chi connectivity index (χ2n) is 6.60. The highest BCUT2D eigenvalue weighted by atomic mass is 32.2. The van der Waals surface area contributed by atoms with E-state index in [1.807, 2.05) is 62.4 Å². The van der Waals surface area contributed by atoms with Crippen LogP contribution in [0.4, 0.5) is 5.69 Å². The molecule has 3 rings (SSSR count). The van der Waals surface area contributed by atoms with Gasteiger partial charge in [0.1, 0.15) is 0 Å². The molecule has 1 fully saturated rings. The standard InChI is InChI=1S/C22H23NO3S2/c1-5-15(3)26-18-10-9-16(12-19(18)25-4)13-20-21(24)23(22(27)28-20)17-8-6-7-14(2)11-17/h6-13,15H,5H2,1-4H3/b20-13+/t15-/m1/s1. The van der Waals surface area contributed by atoms with E-state index in [4.69, 9.17) is 21.7 Å². The van der Waals surface area contributed by atoms with Crippen molar-refractivity contribution in [3.8, 4) is 11.5 Å². The second kappa shape index (κ2) is 8.80. The van der Waals surface area contributed by atoms with Crippen molar-refractivity contribution in [1.29, 1.82) is 0 Å². The molecular formula is C22H23NO3S2. The quantitative estimate of drug-likeness (QED) is 0.456. The molecule has 0 aromatic heterocycles. The Bertz CT molecular complexity index is 939. The van der Waals surface area contributed by atoms with E-state index in [0.29, 0.717) is 20.7 Å². The zero-order valence-electron chi connectivity index (χ0n) is 16.4. The van der Waals surface area contributed by atoms with Crippen LogP contribution in [0.2, 0.25) is 0 Å². The van der Waals surface area contributed by atoms with Crippen LogP contribution in [0.3, 0.4) is 0 Å². The molecule has 1 aliphatic heterocycles.